The van der Waals surface area contributed by atoms with Gasteiger partial charge in [0.15, 0.2) is 11.6 Å². The van der Waals surface area contributed by atoms with Gasteiger partial charge in [-0.25, -0.2) is 8.78 Å². The van der Waals surface area contributed by atoms with Crippen molar-refractivity contribution in [3.8, 4) is 0 Å². The molecule has 0 unspecified atom stereocenters. The van der Waals surface area contributed by atoms with Crippen molar-refractivity contribution in [3.05, 3.63) is 35.4 Å². The van der Waals surface area contributed by atoms with E-state index in [-0.39, 0.29) is 17.6 Å². The van der Waals surface area contributed by atoms with Gasteiger partial charge in [0.05, 0.1) is 5.56 Å². The van der Waals surface area contributed by atoms with Crippen LogP contribution in [-0.2, 0) is 0 Å². The van der Waals surface area contributed by atoms with Crippen molar-refractivity contribution in [2.75, 3.05) is 0 Å². The van der Waals surface area contributed by atoms with Gasteiger partial charge in [-0.1, -0.05) is 6.07 Å². The molecule has 1 amide bonds. The zero-order valence-electron chi connectivity index (χ0n) is 10.6. The van der Waals surface area contributed by atoms with Gasteiger partial charge in [-0.15, -0.1) is 0 Å². The molecule has 0 saturated carbocycles. The van der Waals surface area contributed by atoms with Crippen LogP contribution in [0.5, 0.6) is 0 Å². The predicted octanol–water partition coefficient (Wildman–Crippen LogP) is 3.37. The van der Waals surface area contributed by atoms with E-state index in [0.29, 0.717) is 0 Å². The number of nitrogens with zero attached hydrogens (tertiary/aromatic N) is 1. The Balaban J connectivity index is 2.32. The van der Waals surface area contributed by atoms with Crippen LogP contribution >= 0.6 is 0 Å². The third kappa shape index (κ3) is 2.24. The summed E-state index contributed by atoms with van der Waals surface area (Å²) in [6.07, 6.45) is 2.89. The molecule has 2 rings (SSSR count). The lowest BCUT2D eigenvalue weighted by Gasteiger charge is -2.39. The topological polar surface area (TPSA) is 20.3 Å². The zero-order valence-corrected chi connectivity index (χ0v) is 10.6. The molecule has 0 spiro atoms. The monoisotopic (exact) mass is 253 g/mol. The normalized spacial score (nSPS) is 24.1. The fourth-order valence-corrected chi connectivity index (χ4v) is 2.63. The third-order valence-corrected chi connectivity index (χ3v) is 3.61. The molecule has 1 saturated heterocycles. The van der Waals surface area contributed by atoms with E-state index < -0.39 is 17.5 Å². The number of hydrogen-bond acceptors (Lipinski definition) is 1. The van der Waals surface area contributed by atoms with Crippen LogP contribution in [0.15, 0.2) is 18.2 Å². The van der Waals surface area contributed by atoms with Crippen LogP contribution in [0.2, 0.25) is 0 Å². The second-order valence-corrected chi connectivity index (χ2v) is 4.94. The largest absolute Gasteiger partial charge is 0.333 e. The summed E-state index contributed by atoms with van der Waals surface area (Å²) in [5, 5.41) is 0. The molecular formula is C14H17F2NO. The average Bonchev–Trinajstić information content (AvgIpc) is 2.32. The van der Waals surface area contributed by atoms with E-state index in [2.05, 4.69) is 0 Å². The number of hydrogen-bond donors (Lipinski definition) is 0. The SMILES string of the molecule is C[C@@H]1CCC[C@@H](C)N1C(=O)c1cccc(F)c1F. The molecule has 18 heavy (non-hydrogen) atoms. The van der Waals surface area contributed by atoms with Gasteiger partial charge in [-0.3, -0.25) is 4.79 Å². The Bertz CT molecular complexity index is 451. The van der Waals surface area contributed by atoms with E-state index in [1.165, 1.54) is 12.1 Å². The quantitative estimate of drug-likeness (QED) is 0.751. The first-order valence-corrected chi connectivity index (χ1v) is 6.29. The lowest BCUT2D eigenvalue weighted by atomic mass is 9.96. The predicted molar refractivity (Wildman–Crippen MR) is 65.3 cm³/mol. The first-order chi connectivity index (χ1) is 8.52. The highest BCUT2D eigenvalue weighted by Gasteiger charge is 2.31. The number of carbonyl (C=O) groups excluding carboxylic acids is 1. The molecule has 1 aromatic rings. The van der Waals surface area contributed by atoms with Gasteiger partial charge in [0.2, 0.25) is 0 Å². The highest BCUT2D eigenvalue weighted by Crippen LogP contribution is 2.25. The minimum Gasteiger partial charge on any atom is -0.333 e. The summed E-state index contributed by atoms with van der Waals surface area (Å²) >= 11 is 0. The number of amides is 1. The summed E-state index contributed by atoms with van der Waals surface area (Å²) < 4.78 is 26.8. The number of halogens is 2. The van der Waals surface area contributed by atoms with Crippen molar-refractivity contribution >= 4 is 5.91 Å². The van der Waals surface area contributed by atoms with Crippen molar-refractivity contribution in [2.24, 2.45) is 0 Å². The van der Waals surface area contributed by atoms with Gasteiger partial charge in [-0.2, -0.15) is 0 Å². The molecule has 2 atom stereocenters. The molecule has 4 heteroatoms. The van der Waals surface area contributed by atoms with Crippen molar-refractivity contribution in [2.45, 2.75) is 45.2 Å². The molecule has 1 aliphatic heterocycles. The van der Waals surface area contributed by atoms with Crippen molar-refractivity contribution < 1.29 is 13.6 Å². The maximum absolute atomic E-state index is 13.6. The summed E-state index contributed by atoms with van der Waals surface area (Å²) in [4.78, 5) is 14.0. The molecular weight excluding hydrogens is 236 g/mol. The standard InChI is InChI=1S/C14H17F2NO/c1-9-5-3-6-10(2)17(9)14(18)11-7-4-8-12(15)13(11)16/h4,7-10H,3,5-6H2,1-2H3/t9-,10-/m1/s1. The molecule has 0 aliphatic carbocycles. The third-order valence-electron chi connectivity index (χ3n) is 3.61. The zero-order chi connectivity index (χ0) is 13.3. The number of carbonyl (C=O) groups is 1. The van der Waals surface area contributed by atoms with Crippen LogP contribution in [0, 0.1) is 11.6 Å². The van der Waals surface area contributed by atoms with Crippen LogP contribution in [-0.4, -0.2) is 22.9 Å². The molecule has 2 nitrogen and oxygen atoms in total. The summed E-state index contributed by atoms with van der Waals surface area (Å²) in [5.74, 6) is -2.43. The maximum Gasteiger partial charge on any atom is 0.257 e. The second kappa shape index (κ2) is 5.04. The first kappa shape index (κ1) is 13.0. The van der Waals surface area contributed by atoms with Crippen LogP contribution in [0.4, 0.5) is 8.78 Å². The minimum absolute atomic E-state index is 0.0731. The van der Waals surface area contributed by atoms with E-state index in [9.17, 15) is 13.6 Å². The fraction of sp³-hybridized carbons (Fsp3) is 0.500. The van der Waals surface area contributed by atoms with E-state index in [0.717, 1.165) is 25.3 Å². The minimum atomic E-state index is -1.05. The Morgan fingerprint density at radius 1 is 1.22 bits per heavy atom. The number of benzene rings is 1. The maximum atomic E-state index is 13.6. The smallest absolute Gasteiger partial charge is 0.257 e. The number of piperidine rings is 1. The van der Waals surface area contributed by atoms with Gasteiger partial charge in [0.25, 0.3) is 5.91 Å². The van der Waals surface area contributed by atoms with Gasteiger partial charge < -0.3 is 4.90 Å². The first-order valence-electron chi connectivity index (χ1n) is 6.29. The molecule has 0 bridgehead atoms. The van der Waals surface area contributed by atoms with Gasteiger partial charge in [0.1, 0.15) is 0 Å². The van der Waals surface area contributed by atoms with Crippen LogP contribution in [0.1, 0.15) is 43.5 Å². The second-order valence-electron chi connectivity index (χ2n) is 4.94. The Morgan fingerprint density at radius 2 is 1.83 bits per heavy atom. The lowest BCUT2D eigenvalue weighted by molar-refractivity contribution is 0.0505. The van der Waals surface area contributed by atoms with Crippen LogP contribution in [0.3, 0.4) is 0 Å². The van der Waals surface area contributed by atoms with Crippen molar-refractivity contribution in [1.82, 2.24) is 4.90 Å². The Hall–Kier alpha value is -1.45. The molecule has 0 aromatic heterocycles. The van der Waals surface area contributed by atoms with E-state index >= 15 is 0 Å². The molecule has 1 fully saturated rings. The van der Waals surface area contributed by atoms with Crippen molar-refractivity contribution in [1.29, 1.82) is 0 Å². The number of likely N-dealkylation sites (tertiary alicyclic amines) is 1. The molecule has 1 aliphatic rings. The molecule has 1 heterocycles. The van der Waals surface area contributed by atoms with E-state index in [1.54, 1.807) is 4.90 Å². The van der Waals surface area contributed by atoms with Gasteiger partial charge >= 0.3 is 0 Å². The Labute approximate surface area is 106 Å². The van der Waals surface area contributed by atoms with Crippen LogP contribution in [0.25, 0.3) is 0 Å². The Kier molecular flexibility index (Phi) is 3.64. The fourth-order valence-electron chi connectivity index (χ4n) is 2.63. The highest BCUT2D eigenvalue weighted by molar-refractivity contribution is 5.95. The van der Waals surface area contributed by atoms with Crippen LogP contribution < -0.4 is 0 Å². The van der Waals surface area contributed by atoms with Crippen molar-refractivity contribution in [3.63, 3.8) is 0 Å². The molecule has 98 valence electrons. The number of rotatable bonds is 1. The molecule has 1 aromatic carbocycles. The summed E-state index contributed by atoms with van der Waals surface area (Å²) in [7, 11) is 0. The Morgan fingerprint density at radius 3 is 2.44 bits per heavy atom. The van der Waals surface area contributed by atoms with E-state index in [4.69, 9.17) is 0 Å². The lowest BCUT2D eigenvalue weighted by Crippen LogP contribution is -2.47. The molecule has 0 radical (unpaired) electrons. The summed E-state index contributed by atoms with van der Waals surface area (Å²) in [6, 6.07) is 3.88. The summed E-state index contributed by atoms with van der Waals surface area (Å²) in [6.45, 7) is 3.90. The average molecular weight is 253 g/mol. The molecule has 0 N–H and O–H groups in total. The van der Waals surface area contributed by atoms with Gasteiger partial charge in [0, 0.05) is 12.1 Å². The summed E-state index contributed by atoms with van der Waals surface area (Å²) in [5.41, 5.74) is -0.171. The highest BCUT2D eigenvalue weighted by atomic mass is 19.2. The van der Waals surface area contributed by atoms with Gasteiger partial charge in [-0.05, 0) is 45.2 Å². The van der Waals surface area contributed by atoms with E-state index in [1.807, 2.05) is 13.8 Å².